The fourth-order valence-corrected chi connectivity index (χ4v) is 3.27. The summed E-state index contributed by atoms with van der Waals surface area (Å²) in [4.78, 5) is -0.000794. The smallest absolute Gasteiger partial charge is 0.263 e. The van der Waals surface area contributed by atoms with Crippen molar-refractivity contribution in [3.8, 4) is 0 Å². The third-order valence-corrected chi connectivity index (χ3v) is 4.63. The number of nitrogens with two attached hydrogens (primary N) is 1. The Balaban J connectivity index is 2.43. The van der Waals surface area contributed by atoms with Crippen molar-refractivity contribution < 1.29 is 8.42 Å². The normalized spacial score (nSPS) is 11.3. The Kier molecular flexibility index (Phi) is 4.13. The third kappa shape index (κ3) is 3.17. The van der Waals surface area contributed by atoms with Crippen LogP contribution < -0.4 is 10.5 Å². The Bertz CT molecular complexity index is 761. The van der Waals surface area contributed by atoms with Crippen molar-refractivity contribution in [2.75, 3.05) is 10.5 Å². The number of aryl methyl sites for hydroxylation is 1. The van der Waals surface area contributed by atoms with Crippen LogP contribution in [0, 0.1) is 6.92 Å². The second-order valence-electron chi connectivity index (χ2n) is 4.27. The molecule has 0 atom stereocenters. The lowest BCUT2D eigenvalue weighted by Crippen LogP contribution is -2.15. The van der Waals surface area contributed by atoms with Crippen molar-refractivity contribution in [3.63, 3.8) is 0 Å². The minimum Gasteiger partial charge on any atom is -0.398 e. The van der Waals surface area contributed by atoms with Crippen LogP contribution in [-0.4, -0.2) is 8.42 Å². The highest BCUT2D eigenvalue weighted by Crippen LogP contribution is 2.29. The van der Waals surface area contributed by atoms with Gasteiger partial charge in [-0.2, -0.15) is 0 Å². The molecule has 7 heteroatoms. The molecular weight excluding hydrogens is 319 g/mol. The van der Waals surface area contributed by atoms with E-state index in [-0.39, 0.29) is 21.3 Å². The first kappa shape index (κ1) is 15.0. The lowest BCUT2D eigenvalue weighted by atomic mass is 10.2. The summed E-state index contributed by atoms with van der Waals surface area (Å²) in [5.74, 6) is 0. The van der Waals surface area contributed by atoms with Gasteiger partial charge in [0.05, 0.1) is 16.4 Å². The predicted molar refractivity (Wildman–Crippen MR) is 82.9 cm³/mol. The maximum Gasteiger partial charge on any atom is 0.263 e. The van der Waals surface area contributed by atoms with Crippen LogP contribution in [0.5, 0.6) is 0 Å². The molecule has 0 aromatic heterocycles. The molecule has 106 valence electrons. The van der Waals surface area contributed by atoms with Crippen molar-refractivity contribution in [2.45, 2.75) is 11.8 Å². The van der Waals surface area contributed by atoms with Gasteiger partial charge < -0.3 is 5.73 Å². The molecule has 0 fully saturated rings. The second-order valence-corrected chi connectivity index (χ2v) is 6.77. The number of hydrogen-bond acceptors (Lipinski definition) is 3. The van der Waals surface area contributed by atoms with Crippen LogP contribution in [0.25, 0.3) is 0 Å². The molecule has 0 saturated carbocycles. The van der Waals surface area contributed by atoms with Gasteiger partial charge in [0, 0.05) is 5.02 Å². The number of sulfonamides is 1. The van der Waals surface area contributed by atoms with Crippen LogP contribution in [-0.2, 0) is 10.0 Å². The molecule has 4 nitrogen and oxygen atoms in total. The Morgan fingerprint density at radius 2 is 1.80 bits per heavy atom. The topological polar surface area (TPSA) is 72.2 Å². The molecule has 2 aromatic rings. The van der Waals surface area contributed by atoms with Crippen LogP contribution in [0.3, 0.4) is 0 Å². The van der Waals surface area contributed by atoms with E-state index in [0.29, 0.717) is 5.02 Å². The number of rotatable bonds is 3. The van der Waals surface area contributed by atoms with Crippen molar-refractivity contribution in [3.05, 3.63) is 52.0 Å². The maximum atomic E-state index is 12.3. The van der Waals surface area contributed by atoms with Gasteiger partial charge in [0.1, 0.15) is 4.90 Å². The van der Waals surface area contributed by atoms with Gasteiger partial charge in [-0.15, -0.1) is 0 Å². The molecule has 20 heavy (non-hydrogen) atoms. The van der Waals surface area contributed by atoms with Crippen LogP contribution in [0.2, 0.25) is 10.0 Å². The molecule has 2 rings (SSSR count). The maximum absolute atomic E-state index is 12.3. The van der Waals surface area contributed by atoms with Gasteiger partial charge in [-0.1, -0.05) is 29.3 Å². The number of nitrogen functional groups attached to an aromatic ring is 1. The zero-order valence-corrected chi connectivity index (χ0v) is 12.9. The Morgan fingerprint density at radius 1 is 1.10 bits per heavy atom. The fourth-order valence-electron chi connectivity index (χ4n) is 1.69. The van der Waals surface area contributed by atoms with Gasteiger partial charge in [0.25, 0.3) is 10.0 Å². The van der Waals surface area contributed by atoms with Crippen molar-refractivity contribution in [2.24, 2.45) is 0 Å². The minimum atomic E-state index is -3.82. The first-order valence-electron chi connectivity index (χ1n) is 5.63. The Hall–Kier alpha value is -1.43. The average molecular weight is 331 g/mol. The quantitative estimate of drug-likeness (QED) is 0.843. The van der Waals surface area contributed by atoms with Crippen molar-refractivity contribution in [1.29, 1.82) is 0 Å². The molecule has 0 radical (unpaired) electrons. The van der Waals surface area contributed by atoms with E-state index >= 15 is 0 Å². The molecule has 0 amide bonds. The summed E-state index contributed by atoms with van der Waals surface area (Å²) in [5.41, 5.74) is 7.01. The molecule has 0 aliphatic rings. The molecule has 0 spiro atoms. The van der Waals surface area contributed by atoms with Gasteiger partial charge in [0.15, 0.2) is 0 Å². The lowest BCUT2D eigenvalue weighted by molar-refractivity contribution is 0.601. The largest absolute Gasteiger partial charge is 0.398 e. The summed E-state index contributed by atoms with van der Waals surface area (Å²) in [6, 6.07) is 9.23. The van der Waals surface area contributed by atoms with E-state index in [1.807, 2.05) is 6.92 Å². The number of hydrogen-bond donors (Lipinski definition) is 2. The number of benzene rings is 2. The third-order valence-electron chi connectivity index (χ3n) is 2.63. The highest BCUT2D eigenvalue weighted by Gasteiger charge is 2.18. The van der Waals surface area contributed by atoms with E-state index in [1.54, 1.807) is 18.2 Å². The Labute approximate surface area is 127 Å². The molecule has 0 bridgehead atoms. The molecule has 0 saturated heterocycles. The fraction of sp³-hybridized carbons (Fsp3) is 0.0769. The first-order valence-corrected chi connectivity index (χ1v) is 7.87. The van der Waals surface area contributed by atoms with E-state index in [4.69, 9.17) is 28.9 Å². The van der Waals surface area contributed by atoms with E-state index in [2.05, 4.69) is 4.72 Å². The molecule has 0 unspecified atom stereocenters. The lowest BCUT2D eigenvalue weighted by Gasteiger charge is -2.12. The van der Waals surface area contributed by atoms with Gasteiger partial charge in [-0.3, -0.25) is 4.72 Å². The van der Waals surface area contributed by atoms with Crippen LogP contribution in [0.15, 0.2) is 41.3 Å². The van der Waals surface area contributed by atoms with E-state index in [9.17, 15) is 8.42 Å². The summed E-state index contributed by atoms with van der Waals surface area (Å²) in [6.45, 7) is 1.83. The molecule has 3 N–H and O–H groups in total. The van der Waals surface area contributed by atoms with E-state index < -0.39 is 10.0 Å². The van der Waals surface area contributed by atoms with Gasteiger partial charge in [-0.05, 0) is 42.8 Å². The summed E-state index contributed by atoms with van der Waals surface area (Å²) in [5, 5.41) is 0.632. The van der Waals surface area contributed by atoms with E-state index in [1.165, 1.54) is 18.2 Å². The van der Waals surface area contributed by atoms with Crippen LogP contribution in [0.1, 0.15) is 5.56 Å². The second kappa shape index (κ2) is 5.52. The summed E-state index contributed by atoms with van der Waals surface area (Å²) in [7, 11) is -3.82. The van der Waals surface area contributed by atoms with E-state index in [0.717, 1.165) is 5.56 Å². The highest BCUT2D eigenvalue weighted by molar-refractivity contribution is 7.92. The molecule has 2 aromatic carbocycles. The molecule has 0 heterocycles. The van der Waals surface area contributed by atoms with Gasteiger partial charge >= 0.3 is 0 Å². The minimum absolute atomic E-state index is 0.000794. The monoisotopic (exact) mass is 330 g/mol. The molecule has 0 aliphatic heterocycles. The zero-order valence-electron chi connectivity index (χ0n) is 10.5. The first-order chi connectivity index (χ1) is 9.29. The predicted octanol–water partition coefficient (Wildman–Crippen LogP) is 3.68. The Morgan fingerprint density at radius 3 is 2.45 bits per heavy atom. The number of halogens is 2. The summed E-state index contributed by atoms with van der Waals surface area (Å²) >= 11 is 11.8. The summed E-state index contributed by atoms with van der Waals surface area (Å²) < 4.78 is 27.0. The molecule has 0 aliphatic carbocycles. The van der Waals surface area contributed by atoms with Gasteiger partial charge in [0.2, 0.25) is 0 Å². The number of anilines is 2. The zero-order chi connectivity index (χ0) is 14.9. The van der Waals surface area contributed by atoms with Crippen LogP contribution in [0.4, 0.5) is 11.4 Å². The SMILES string of the molecule is Cc1ccc(S(=O)(=O)Nc2cc(Cl)ccc2Cl)c(N)c1. The average Bonchev–Trinajstić information content (AvgIpc) is 2.33. The van der Waals surface area contributed by atoms with Crippen molar-refractivity contribution >= 4 is 44.6 Å². The molecular formula is C13H12Cl2N2O2S. The standard InChI is InChI=1S/C13H12Cl2N2O2S/c1-8-2-5-13(11(16)6-8)20(18,19)17-12-7-9(14)3-4-10(12)15/h2-7,17H,16H2,1H3. The van der Waals surface area contributed by atoms with Crippen molar-refractivity contribution in [1.82, 2.24) is 0 Å². The number of nitrogens with one attached hydrogen (secondary N) is 1. The van der Waals surface area contributed by atoms with Crippen LogP contribution >= 0.6 is 23.2 Å². The highest BCUT2D eigenvalue weighted by atomic mass is 35.5. The van der Waals surface area contributed by atoms with Gasteiger partial charge in [-0.25, -0.2) is 8.42 Å². The summed E-state index contributed by atoms with van der Waals surface area (Å²) in [6.07, 6.45) is 0.